The van der Waals surface area contributed by atoms with E-state index in [1.807, 2.05) is 0 Å². The molecule has 0 radical (unpaired) electrons. The summed E-state index contributed by atoms with van der Waals surface area (Å²) in [6, 6.07) is -2.31. The molecule has 0 aliphatic heterocycles. The maximum Gasteiger partial charge on any atom is 0.326 e. The lowest BCUT2D eigenvalue weighted by Gasteiger charge is -2.16. The molecule has 7 heteroatoms. The van der Waals surface area contributed by atoms with Crippen molar-refractivity contribution >= 4 is 18.0 Å². The van der Waals surface area contributed by atoms with Gasteiger partial charge >= 0.3 is 18.0 Å². The van der Waals surface area contributed by atoms with Crippen LogP contribution in [0.4, 0.5) is 4.79 Å². The molecule has 0 heterocycles. The molecule has 0 aromatic heterocycles. The Hall–Kier alpha value is -2.23. The smallest absolute Gasteiger partial charge is 0.326 e. The van der Waals surface area contributed by atoms with E-state index in [4.69, 9.17) is 11.5 Å². The second-order valence-electron chi connectivity index (χ2n) is 3.75. The fourth-order valence-electron chi connectivity index (χ4n) is 1.24. The zero-order valence-corrected chi connectivity index (χ0v) is 10.9. The van der Waals surface area contributed by atoms with Gasteiger partial charge in [0, 0.05) is 6.42 Å². The van der Waals surface area contributed by atoms with Gasteiger partial charge in [-0.3, -0.25) is 4.79 Å². The Labute approximate surface area is 111 Å². The Morgan fingerprint density at radius 3 is 2.42 bits per heavy atom. The van der Waals surface area contributed by atoms with Crippen molar-refractivity contribution in [2.45, 2.75) is 38.3 Å². The molecule has 0 aromatic carbocycles. The normalized spacial score (nSPS) is 12.7. The minimum atomic E-state index is -1.23. The Kier molecular flexibility index (Phi) is 7.77. The van der Waals surface area contributed by atoms with E-state index >= 15 is 0 Å². The first-order valence-electron chi connectivity index (χ1n) is 5.77. The molecule has 106 valence electrons. The Morgan fingerprint density at radius 1 is 1.37 bits per heavy atom. The minimum absolute atomic E-state index is 0.0533. The predicted molar refractivity (Wildman–Crippen MR) is 67.3 cm³/mol. The third-order valence-electron chi connectivity index (χ3n) is 2.38. The molecule has 3 N–H and O–H groups in total. The molecular formula is C12H18N2O5. The fraction of sp³-hybridized carbons (Fsp3) is 0.583. The number of aliphatic carboxylic acids is 1. The van der Waals surface area contributed by atoms with E-state index in [2.05, 4.69) is 21.3 Å². The monoisotopic (exact) mass is 270 g/mol. The fourth-order valence-corrected chi connectivity index (χ4v) is 1.24. The third-order valence-corrected chi connectivity index (χ3v) is 2.38. The van der Waals surface area contributed by atoms with Gasteiger partial charge < -0.3 is 20.5 Å². The molecule has 0 aromatic rings. The summed E-state index contributed by atoms with van der Waals surface area (Å²) >= 11 is 0. The first-order chi connectivity index (χ1) is 8.94. The number of carboxylic acid groups (broad SMARTS) is 1. The molecule has 0 aliphatic carbocycles. The number of amides is 2. The Bertz CT molecular complexity index is 375. The average Bonchev–Trinajstić information content (AvgIpc) is 2.39. The van der Waals surface area contributed by atoms with Crippen LogP contribution in [0.1, 0.15) is 26.2 Å². The Balaban J connectivity index is 4.35. The van der Waals surface area contributed by atoms with E-state index in [9.17, 15) is 14.4 Å². The van der Waals surface area contributed by atoms with E-state index in [1.165, 1.54) is 7.11 Å². The number of methoxy groups -OCH3 is 1. The summed E-state index contributed by atoms with van der Waals surface area (Å²) in [7, 11) is 1.21. The minimum Gasteiger partial charge on any atom is -0.480 e. The first-order valence-corrected chi connectivity index (χ1v) is 5.77. The van der Waals surface area contributed by atoms with Crippen LogP contribution >= 0.6 is 0 Å². The van der Waals surface area contributed by atoms with Crippen LogP contribution < -0.4 is 10.6 Å². The van der Waals surface area contributed by atoms with Crippen molar-refractivity contribution in [3.05, 3.63) is 0 Å². The molecule has 2 amide bonds. The summed E-state index contributed by atoms with van der Waals surface area (Å²) in [5.74, 6) is 0.584. The molecule has 0 fully saturated rings. The number of hydrogen-bond acceptors (Lipinski definition) is 4. The first kappa shape index (κ1) is 16.8. The second kappa shape index (κ2) is 8.80. The maximum absolute atomic E-state index is 11.5. The maximum atomic E-state index is 11.5. The van der Waals surface area contributed by atoms with Gasteiger partial charge in [-0.2, -0.15) is 0 Å². The molecular weight excluding hydrogens is 252 g/mol. The van der Waals surface area contributed by atoms with Crippen LogP contribution in [0.5, 0.6) is 0 Å². The van der Waals surface area contributed by atoms with Crippen LogP contribution in [0.2, 0.25) is 0 Å². The summed E-state index contributed by atoms with van der Waals surface area (Å²) in [4.78, 5) is 33.4. The molecule has 0 saturated heterocycles. The van der Waals surface area contributed by atoms with E-state index in [0.29, 0.717) is 6.42 Å². The van der Waals surface area contributed by atoms with E-state index in [0.717, 1.165) is 0 Å². The van der Waals surface area contributed by atoms with Gasteiger partial charge in [-0.1, -0.05) is 12.8 Å². The van der Waals surface area contributed by atoms with E-state index in [-0.39, 0.29) is 12.8 Å². The molecule has 0 bridgehead atoms. The number of urea groups is 1. The molecule has 19 heavy (non-hydrogen) atoms. The zero-order chi connectivity index (χ0) is 14.8. The third kappa shape index (κ3) is 6.93. The van der Waals surface area contributed by atoms with Crippen molar-refractivity contribution < 1.29 is 24.2 Å². The van der Waals surface area contributed by atoms with Crippen LogP contribution in [0, 0.1) is 12.3 Å². The number of esters is 1. The molecule has 1 unspecified atom stereocenters. The largest absolute Gasteiger partial charge is 0.480 e. The number of rotatable bonds is 7. The van der Waals surface area contributed by atoms with Crippen molar-refractivity contribution in [3.63, 3.8) is 0 Å². The molecule has 0 rings (SSSR count). The van der Waals surface area contributed by atoms with Crippen LogP contribution in [-0.4, -0.2) is 42.3 Å². The van der Waals surface area contributed by atoms with E-state index < -0.39 is 30.1 Å². The van der Waals surface area contributed by atoms with Gasteiger partial charge in [-0.05, 0) is 12.8 Å². The lowest BCUT2D eigenvalue weighted by atomic mass is 10.1. The van der Waals surface area contributed by atoms with Crippen LogP contribution in [0.15, 0.2) is 0 Å². The van der Waals surface area contributed by atoms with Crippen LogP contribution in [-0.2, 0) is 14.3 Å². The summed E-state index contributed by atoms with van der Waals surface area (Å²) < 4.78 is 4.40. The van der Waals surface area contributed by atoms with Gasteiger partial charge in [-0.15, -0.1) is 6.42 Å². The van der Waals surface area contributed by atoms with Gasteiger partial charge in [0.05, 0.1) is 13.2 Å². The van der Waals surface area contributed by atoms with Crippen molar-refractivity contribution in [3.8, 4) is 12.3 Å². The lowest BCUT2D eigenvalue weighted by molar-refractivity contribution is -0.142. The number of hydrogen-bond donors (Lipinski definition) is 3. The summed E-state index contributed by atoms with van der Waals surface area (Å²) in [5.41, 5.74) is 0. The van der Waals surface area contributed by atoms with Crippen LogP contribution in [0.3, 0.4) is 0 Å². The van der Waals surface area contributed by atoms with Crippen molar-refractivity contribution in [1.29, 1.82) is 0 Å². The average molecular weight is 270 g/mol. The van der Waals surface area contributed by atoms with E-state index in [1.54, 1.807) is 6.92 Å². The quantitative estimate of drug-likeness (QED) is 0.449. The molecule has 0 saturated carbocycles. The molecule has 7 nitrogen and oxygen atoms in total. The Morgan fingerprint density at radius 2 is 2.00 bits per heavy atom. The lowest BCUT2D eigenvalue weighted by Crippen LogP contribution is -2.48. The van der Waals surface area contributed by atoms with Crippen molar-refractivity contribution in [1.82, 2.24) is 10.6 Å². The molecule has 2 atom stereocenters. The standard InChI is InChI=1S/C12H18N2O5/c1-4-8(5-2)13-12(18)14-9(11(16)17)6-7-10(15)19-3/h1,8-9H,5-7H2,2-3H3,(H,16,17)(H2,13,14,18)/t8?,9-/m1/s1. The predicted octanol–water partition coefficient (Wildman–Crippen LogP) is 0.104. The topological polar surface area (TPSA) is 105 Å². The highest BCUT2D eigenvalue weighted by Gasteiger charge is 2.21. The van der Waals surface area contributed by atoms with Crippen molar-refractivity contribution in [2.75, 3.05) is 7.11 Å². The van der Waals surface area contributed by atoms with Gasteiger partial charge in [0.2, 0.25) is 0 Å². The highest BCUT2D eigenvalue weighted by atomic mass is 16.5. The summed E-state index contributed by atoms with van der Waals surface area (Å²) in [6.45, 7) is 1.79. The van der Waals surface area contributed by atoms with Gasteiger partial charge in [0.1, 0.15) is 6.04 Å². The number of carbonyl (C=O) groups excluding carboxylic acids is 2. The van der Waals surface area contributed by atoms with Gasteiger partial charge in [-0.25, -0.2) is 9.59 Å². The van der Waals surface area contributed by atoms with Gasteiger partial charge in [0.25, 0.3) is 0 Å². The van der Waals surface area contributed by atoms with Crippen molar-refractivity contribution in [2.24, 2.45) is 0 Å². The van der Waals surface area contributed by atoms with Crippen LogP contribution in [0.25, 0.3) is 0 Å². The number of ether oxygens (including phenoxy) is 1. The van der Waals surface area contributed by atoms with Gasteiger partial charge in [0.15, 0.2) is 0 Å². The number of carboxylic acids is 1. The number of nitrogens with one attached hydrogen (secondary N) is 2. The number of carbonyl (C=O) groups is 3. The SMILES string of the molecule is C#CC(CC)NC(=O)N[C@H](CCC(=O)OC)C(=O)O. The molecule has 0 spiro atoms. The summed E-state index contributed by atoms with van der Waals surface area (Å²) in [6.07, 6.45) is 5.55. The summed E-state index contributed by atoms with van der Waals surface area (Å²) in [5, 5.41) is 13.6. The highest BCUT2D eigenvalue weighted by Crippen LogP contribution is 2.00. The number of terminal acetylenes is 1. The highest BCUT2D eigenvalue weighted by molar-refractivity contribution is 5.83. The second-order valence-corrected chi connectivity index (χ2v) is 3.75. The molecule has 0 aliphatic rings. The zero-order valence-electron chi connectivity index (χ0n) is 10.9.